The number of amides is 2. The van der Waals surface area contributed by atoms with E-state index in [1.165, 1.54) is 5.56 Å². The maximum Gasteiger partial charge on any atom is 0.279 e. The van der Waals surface area contributed by atoms with Crippen LogP contribution in [0.1, 0.15) is 16.7 Å². The molecule has 2 aromatic carbocycles. The summed E-state index contributed by atoms with van der Waals surface area (Å²) in [4.78, 5) is 26.5. The van der Waals surface area contributed by atoms with Crippen LogP contribution in [-0.2, 0) is 9.59 Å². The average molecular weight is 387 g/mol. The molecular formula is C21H28N3O2S+. The molecule has 0 spiro atoms. The largest absolute Gasteiger partial charge is 0.322 e. The van der Waals surface area contributed by atoms with E-state index in [-0.39, 0.29) is 24.9 Å². The normalized spacial score (nSPS) is 11.7. The second kappa shape index (κ2) is 9.58. The number of hydrogen-bond acceptors (Lipinski definition) is 3. The van der Waals surface area contributed by atoms with Crippen LogP contribution in [0.5, 0.6) is 0 Å². The van der Waals surface area contributed by atoms with Crippen molar-refractivity contribution in [2.24, 2.45) is 0 Å². The van der Waals surface area contributed by atoms with Crippen LogP contribution < -0.4 is 15.5 Å². The van der Waals surface area contributed by atoms with E-state index in [1.807, 2.05) is 58.3 Å². The van der Waals surface area contributed by atoms with E-state index in [4.69, 9.17) is 0 Å². The fourth-order valence-corrected chi connectivity index (χ4v) is 3.54. The van der Waals surface area contributed by atoms with Gasteiger partial charge in [0.2, 0.25) is 0 Å². The van der Waals surface area contributed by atoms with Gasteiger partial charge in [-0.25, -0.2) is 0 Å². The Hall–Kier alpha value is -2.31. The SMILES string of the molecule is CSc1cccc(NC(=O)C[NH+](C)CC(=O)Nc2c(C)cc(C)cc2C)c1. The molecule has 0 bridgehead atoms. The lowest BCUT2D eigenvalue weighted by Gasteiger charge is -2.16. The van der Waals surface area contributed by atoms with Gasteiger partial charge in [0.1, 0.15) is 0 Å². The Balaban J connectivity index is 1.88. The third-order valence-corrected chi connectivity index (χ3v) is 4.94. The first kappa shape index (κ1) is 21.0. The Morgan fingerprint density at radius 3 is 2.15 bits per heavy atom. The molecule has 5 nitrogen and oxygen atoms in total. The molecule has 0 saturated heterocycles. The van der Waals surface area contributed by atoms with Crippen molar-refractivity contribution in [2.75, 3.05) is 37.0 Å². The molecule has 1 atom stereocenters. The summed E-state index contributed by atoms with van der Waals surface area (Å²) >= 11 is 1.63. The minimum Gasteiger partial charge on any atom is -0.322 e. The van der Waals surface area contributed by atoms with Crippen molar-refractivity contribution in [3.63, 3.8) is 0 Å². The molecule has 2 aromatic rings. The number of likely N-dealkylation sites (N-methyl/N-ethyl adjacent to an activating group) is 1. The molecule has 0 aliphatic rings. The van der Waals surface area contributed by atoms with E-state index in [0.29, 0.717) is 0 Å². The molecule has 1 unspecified atom stereocenters. The van der Waals surface area contributed by atoms with Gasteiger partial charge in [-0.05, 0) is 56.4 Å². The predicted molar refractivity (Wildman–Crippen MR) is 113 cm³/mol. The highest BCUT2D eigenvalue weighted by Gasteiger charge is 2.16. The van der Waals surface area contributed by atoms with Gasteiger partial charge < -0.3 is 15.5 Å². The lowest BCUT2D eigenvalue weighted by molar-refractivity contribution is -0.862. The van der Waals surface area contributed by atoms with Gasteiger partial charge >= 0.3 is 0 Å². The van der Waals surface area contributed by atoms with Gasteiger partial charge in [0.05, 0.1) is 7.05 Å². The Morgan fingerprint density at radius 1 is 0.963 bits per heavy atom. The molecule has 2 amide bonds. The Morgan fingerprint density at radius 2 is 1.56 bits per heavy atom. The van der Waals surface area contributed by atoms with Crippen LogP contribution in [0, 0.1) is 20.8 Å². The predicted octanol–water partition coefficient (Wildman–Crippen LogP) is 2.43. The molecule has 0 saturated carbocycles. The topological polar surface area (TPSA) is 62.6 Å². The van der Waals surface area contributed by atoms with E-state index in [9.17, 15) is 9.59 Å². The quantitative estimate of drug-likeness (QED) is 0.641. The zero-order chi connectivity index (χ0) is 20.0. The first-order valence-electron chi connectivity index (χ1n) is 8.91. The van der Waals surface area contributed by atoms with Gasteiger partial charge in [0.15, 0.2) is 13.1 Å². The highest BCUT2D eigenvalue weighted by molar-refractivity contribution is 7.98. The fraction of sp³-hybridized carbons (Fsp3) is 0.333. The Bertz CT molecular complexity index is 813. The fourth-order valence-electron chi connectivity index (χ4n) is 3.08. The minimum absolute atomic E-state index is 0.0975. The number of aryl methyl sites for hydroxylation is 3. The van der Waals surface area contributed by atoms with Gasteiger partial charge in [-0.2, -0.15) is 0 Å². The van der Waals surface area contributed by atoms with Gasteiger partial charge in [-0.15, -0.1) is 11.8 Å². The van der Waals surface area contributed by atoms with Crippen LogP contribution in [0.2, 0.25) is 0 Å². The summed E-state index contributed by atoms with van der Waals surface area (Å²) in [7, 11) is 1.84. The van der Waals surface area contributed by atoms with Crippen LogP contribution in [0.3, 0.4) is 0 Å². The van der Waals surface area contributed by atoms with Gasteiger partial charge in [-0.1, -0.05) is 23.8 Å². The van der Waals surface area contributed by atoms with Crippen LogP contribution in [-0.4, -0.2) is 38.2 Å². The van der Waals surface area contributed by atoms with E-state index in [1.54, 1.807) is 11.8 Å². The zero-order valence-electron chi connectivity index (χ0n) is 16.6. The summed E-state index contributed by atoms with van der Waals surface area (Å²) in [6.07, 6.45) is 1.99. The molecule has 0 aromatic heterocycles. The highest BCUT2D eigenvalue weighted by atomic mass is 32.2. The molecule has 27 heavy (non-hydrogen) atoms. The molecular weight excluding hydrogens is 358 g/mol. The summed E-state index contributed by atoms with van der Waals surface area (Å²) < 4.78 is 0. The number of thioether (sulfide) groups is 1. The summed E-state index contributed by atoms with van der Waals surface area (Å²) in [5, 5.41) is 5.87. The molecule has 144 valence electrons. The molecule has 0 heterocycles. The molecule has 0 aliphatic carbocycles. The van der Waals surface area contributed by atoms with Gasteiger partial charge in [0.25, 0.3) is 11.8 Å². The molecule has 0 aliphatic heterocycles. The van der Waals surface area contributed by atoms with Crippen LogP contribution in [0.25, 0.3) is 0 Å². The third kappa shape index (κ3) is 6.41. The summed E-state index contributed by atoms with van der Waals surface area (Å²) in [5.41, 5.74) is 4.90. The number of carbonyl (C=O) groups is 2. The second-order valence-electron chi connectivity index (χ2n) is 6.91. The molecule has 3 N–H and O–H groups in total. The van der Waals surface area contributed by atoms with Gasteiger partial charge in [0, 0.05) is 16.3 Å². The van der Waals surface area contributed by atoms with E-state index >= 15 is 0 Å². The van der Waals surface area contributed by atoms with Crippen molar-refractivity contribution in [1.29, 1.82) is 0 Å². The van der Waals surface area contributed by atoms with E-state index in [2.05, 4.69) is 22.8 Å². The Labute approximate surface area is 165 Å². The smallest absolute Gasteiger partial charge is 0.279 e. The lowest BCUT2D eigenvalue weighted by Crippen LogP contribution is -3.11. The standard InChI is InChI=1S/C21H27N3O2S/c1-14-9-15(2)21(16(3)10-14)23-20(26)13-24(4)12-19(25)22-17-7-6-8-18(11-17)27-5/h6-11H,12-13H2,1-5H3,(H,22,25)(H,23,26)/p+1. The van der Waals surface area contributed by atoms with Crippen LogP contribution >= 0.6 is 11.8 Å². The van der Waals surface area contributed by atoms with Crippen molar-refractivity contribution in [3.05, 3.63) is 53.1 Å². The number of rotatable bonds is 7. The summed E-state index contributed by atoms with van der Waals surface area (Å²) in [6, 6.07) is 11.8. The van der Waals surface area contributed by atoms with Gasteiger partial charge in [-0.3, -0.25) is 9.59 Å². The first-order chi connectivity index (χ1) is 12.8. The summed E-state index contributed by atoms with van der Waals surface area (Å²) in [5.74, 6) is -0.207. The second-order valence-corrected chi connectivity index (χ2v) is 7.79. The number of hydrogen-bond donors (Lipinski definition) is 3. The zero-order valence-corrected chi connectivity index (χ0v) is 17.4. The van der Waals surface area contributed by atoms with E-state index < -0.39 is 0 Å². The number of carbonyl (C=O) groups excluding carboxylic acids is 2. The molecule has 0 fully saturated rings. The molecule has 6 heteroatoms. The lowest BCUT2D eigenvalue weighted by atomic mass is 10.1. The van der Waals surface area contributed by atoms with Crippen LogP contribution in [0.15, 0.2) is 41.3 Å². The number of quaternary nitrogens is 1. The summed E-state index contributed by atoms with van der Waals surface area (Å²) in [6.45, 7) is 6.47. The molecule has 0 radical (unpaired) electrons. The maximum absolute atomic E-state index is 12.4. The van der Waals surface area contributed by atoms with Crippen molar-refractivity contribution < 1.29 is 14.5 Å². The monoisotopic (exact) mass is 386 g/mol. The molecule has 2 rings (SSSR count). The van der Waals surface area contributed by atoms with Crippen molar-refractivity contribution >= 4 is 35.0 Å². The number of benzene rings is 2. The Kier molecular flexibility index (Phi) is 7.45. The maximum atomic E-state index is 12.4. The number of nitrogens with one attached hydrogen (secondary N) is 3. The minimum atomic E-state index is -0.110. The van der Waals surface area contributed by atoms with E-state index in [0.717, 1.165) is 32.3 Å². The third-order valence-electron chi connectivity index (χ3n) is 4.22. The first-order valence-corrected chi connectivity index (χ1v) is 10.1. The van der Waals surface area contributed by atoms with Crippen molar-refractivity contribution in [2.45, 2.75) is 25.7 Å². The average Bonchev–Trinajstić information content (AvgIpc) is 2.57. The number of anilines is 2. The van der Waals surface area contributed by atoms with Crippen LogP contribution in [0.4, 0.5) is 11.4 Å². The van der Waals surface area contributed by atoms with Crippen molar-refractivity contribution in [3.8, 4) is 0 Å². The van der Waals surface area contributed by atoms with Crippen molar-refractivity contribution in [1.82, 2.24) is 0 Å². The highest BCUT2D eigenvalue weighted by Crippen LogP contribution is 2.21.